The molecule has 1 aliphatic rings. The molecule has 160 valence electrons. The minimum Gasteiger partial charge on any atom is -0.403 e. The molecule has 1 atom stereocenters. The number of rotatable bonds is 4. The fourth-order valence-electron chi connectivity index (χ4n) is 3.68. The number of hydrogen-bond donors (Lipinski definition) is 2. The van der Waals surface area contributed by atoms with Gasteiger partial charge < -0.3 is 15.1 Å². The number of aromatic nitrogens is 3. The average Bonchev–Trinajstić information content (AvgIpc) is 3.49. The van der Waals surface area contributed by atoms with Gasteiger partial charge in [-0.05, 0) is 24.3 Å². The van der Waals surface area contributed by atoms with Gasteiger partial charge in [0.2, 0.25) is 12.1 Å². The van der Waals surface area contributed by atoms with Crippen LogP contribution in [0.2, 0.25) is 0 Å². The van der Waals surface area contributed by atoms with Gasteiger partial charge in [0.25, 0.3) is 5.91 Å². The van der Waals surface area contributed by atoms with Crippen LogP contribution in [0, 0.1) is 0 Å². The monoisotopic (exact) mass is 452 g/mol. The van der Waals surface area contributed by atoms with Crippen molar-refractivity contribution in [2.45, 2.75) is 6.17 Å². The molecule has 8 nitrogen and oxygen atoms in total. The molecular weight excluding hydrogens is 436 g/mol. The van der Waals surface area contributed by atoms with Crippen molar-refractivity contribution in [2.24, 2.45) is 4.99 Å². The van der Waals surface area contributed by atoms with Gasteiger partial charge in [-0.3, -0.25) is 4.79 Å². The maximum Gasteiger partial charge on any atom is 0.317 e. The molecule has 5 aromatic rings. The zero-order valence-corrected chi connectivity index (χ0v) is 17.9. The number of anilines is 2. The molecule has 2 aromatic heterocycles. The zero-order chi connectivity index (χ0) is 22.2. The van der Waals surface area contributed by atoms with Crippen LogP contribution < -0.4 is 10.6 Å². The number of benzene rings is 3. The smallest absolute Gasteiger partial charge is 0.317 e. The van der Waals surface area contributed by atoms with Gasteiger partial charge in [-0.25, -0.2) is 9.98 Å². The number of benzodiazepines with no additional fused rings is 1. The highest BCUT2D eigenvalue weighted by Crippen LogP contribution is 2.28. The lowest BCUT2D eigenvalue weighted by Crippen LogP contribution is -2.32. The first-order chi connectivity index (χ1) is 16.2. The Morgan fingerprint density at radius 3 is 2.70 bits per heavy atom. The van der Waals surface area contributed by atoms with E-state index in [1.807, 2.05) is 72.8 Å². The van der Waals surface area contributed by atoms with Crippen molar-refractivity contribution in [1.82, 2.24) is 15.2 Å². The molecule has 1 aliphatic heterocycles. The van der Waals surface area contributed by atoms with E-state index in [2.05, 4.69) is 25.8 Å². The van der Waals surface area contributed by atoms with Crippen LogP contribution in [0.4, 0.5) is 11.7 Å². The number of carbonyl (C=O) groups is 1. The van der Waals surface area contributed by atoms with E-state index >= 15 is 0 Å². The Morgan fingerprint density at radius 1 is 0.939 bits per heavy atom. The second-order valence-electron chi connectivity index (χ2n) is 7.37. The van der Waals surface area contributed by atoms with Crippen molar-refractivity contribution in [3.63, 3.8) is 0 Å². The zero-order valence-electron chi connectivity index (χ0n) is 17.1. The number of nitrogens with zero attached hydrogens (tertiary/aromatic N) is 4. The Morgan fingerprint density at radius 2 is 1.79 bits per heavy atom. The minimum atomic E-state index is -0.954. The summed E-state index contributed by atoms with van der Waals surface area (Å²) in [6, 6.07) is 23.2. The molecule has 0 saturated carbocycles. The summed E-state index contributed by atoms with van der Waals surface area (Å²) < 4.78 is 6.83. The maximum atomic E-state index is 13.0. The largest absolute Gasteiger partial charge is 0.403 e. The van der Waals surface area contributed by atoms with Crippen molar-refractivity contribution < 1.29 is 9.21 Å². The van der Waals surface area contributed by atoms with E-state index in [1.54, 1.807) is 5.51 Å². The van der Waals surface area contributed by atoms with E-state index in [1.165, 1.54) is 11.3 Å². The summed E-state index contributed by atoms with van der Waals surface area (Å²) in [6.45, 7) is 0. The summed E-state index contributed by atoms with van der Waals surface area (Å²) in [7, 11) is 0. The first-order valence-corrected chi connectivity index (χ1v) is 11.1. The van der Waals surface area contributed by atoms with Gasteiger partial charge >= 0.3 is 6.01 Å². The molecular formula is C24H16N6O2S. The van der Waals surface area contributed by atoms with Crippen molar-refractivity contribution >= 4 is 44.9 Å². The molecule has 3 aromatic carbocycles. The number of hydrogen-bond acceptors (Lipinski definition) is 8. The predicted molar refractivity (Wildman–Crippen MR) is 127 cm³/mol. The summed E-state index contributed by atoms with van der Waals surface area (Å²) in [5, 5.41) is 14.1. The number of carbonyl (C=O) groups excluding carboxylic acids is 1. The number of thiazole rings is 1. The molecule has 0 saturated heterocycles. The van der Waals surface area contributed by atoms with Crippen molar-refractivity contribution in [2.75, 3.05) is 10.6 Å². The summed E-state index contributed by atoms with van der Waals surface area (Å²) in [5.74, 6) is 0.0246. The third-order valence-corrected chi connectivity index (χ3v) is 6.05. The summed E-state index contributed by atoms with van der Waals surface area (Å²) in [4.78, 5) is 22.0. The lowest BCUT2D eigenvalue weighted by molar-refractivity contribution is -0.116. The van der Waals surface area contributed by atoms with Crippen LogP contribution in [0.15, 0.2) is 87.7 Å². The third kappa shape index (κ3) is 3.64. The minimum absolute atomic E-state index is 0.108. The van der Waals surface area contributed by atoms with Gasteiger partial charge in [-0.15, -0.1) is 16.4 Å². The molecule has 6 rings (SSSR count). The van der Waals surface area contributed by atoms with Crippen LogP contribution in [-0.4, -0.2) is 33.0 Å². The SMILES string of the molecule is O=C1Nc2ccccc2C(c2ccccc2)=NC1Nc1nnc(-c2ccc3ncsc3c2)o1. The summed E-state index contributed by atoms with van der Waals surface area (Å²) >= 11 is 1.54. The van der Waals surface area contributed by atoms with Crippen molar-refractivity contribution in [1.29, 1.82) is 0 Å². The van der Waals surface area contributed by atoms with Gasteiger partial charge in [0.1, 0.15) is 0 Å². The molecule has 0 radical (unpaired) electrons. The second-order valence-corrected chi connectivity index (χ2v) is 8.26. The molecule has 0 aliphatic carbocycles. The average molecular weight is 452 g/mol. The topological polar surface area (TPSA) is 105 Å². The van der Waals surface area contributed by atoms with E-state index in [0.717, 1.165) is 26.9 Å². The highest BCUT2D eigenvalue weighted by Gasteiger charge is 2.27. The summed E-state index contributed by atoms with van der Waals surface area (Å²) in [6.07, 6.45) is -0.954. The fraction of sp³-hybridized carbons (Fsp3) is 0.0417. The lowest BCUT2D eigenvalue weighted by Gasteiger charge is -2.11. The van der Waals surface area contributed by atoms with Crippen LogP contribution in [0.3, 0.4) is 0 Å². The van der Waals surface area contributed by atoms with Crippen LogP contribution in [0.1, 0.15) is 11.1 Å². The standard InChI is InChI=1S/C24H16N6O2S/c31-22-21(27-20(14-6-2-1-3-7-14)16-8-4-5-9-17(16)26-22)28-24-30-29-23(32-24)15-10-11-18-19(12-15)33-13-25-18/h1-13,21H,(H,26,31)(H,28,30). The number of nitrogens with one attached hydrogen (secondary N) is 2. The lowest BCUT2D eigenvalue weighted by atomic mass is 10.0. The van der Waals surface area contributed by atoms with E-state index in [9.17, 15) is 4.79 Å². The Labute approximate surface area is 192 Å². The highest BCUT2D eigenvalue weighted by atomic mass is 32.1. The molecule has 0 bridgehead atoms. The van der Waals surface area contributed by atoms with Crippen LogP contribution in [0.5, 0.6) is 0 Å². The second kappa shape index (κ2) is 7.95. The van der Waals surface area contributed by atoms with Crippen LogP contribution in [0.25, 0.3) is 21.7 Å². The first kappa shape index (κ1) is 19.3. The first-order valence-electron chi connectivity index (χ1n) is 10.2. The Bertz CT molecular complexity index is 1510. The molecule has 0 fully saturated rings. The van der Waals surface area contributed by atoms with Crippen molar-refractivity contribution in [3.8, 4) is 11.5 Å². The predicted octanol–water partition coefficient (Wildman–Crippen LogP) is 4.57. The molecule has 33 heavy (non-hydrogen) atoms. The van der Waals surface area contributed by atoms with Gasteiger partial charge in [0.05, 0.1) is 27.1 Å². The van der Waals surface area contributed by atoms with Crippen molar-refractivity contribution in [3.05, 3.63) is 89.4 Å². The highest BCUT2D eigenvalue weighted by molar-refractivity contribution is 7.16. The Hall–Kier alpha value is -4.37. The third-order valence-electron chi connectivity index (χ3n) is 5.26. The maximum absolute atomic E-state index is 13.0. The molecule has 9 heteroatoms. The van der Waals surface area contributed by atoms with Crippen LogP contribution in [-0.2, 0) is 4.79 Å². The number of aliphatic imine (C=N–C) groups is 1. The van der Waals surface area contributed by atoms with E-state index in [0.29, 0.717) is 17.3 Å². The Balaban J connectivity index is 1.34. The summed E-state index contributed by atoms with van der Waals surface area (Å²) in [5.41, 5.74) is 6.61. The molecule has 1 amide bonds. The number of fused-ring (bicyclic) bond motifs is 2. The van der Waals surface area contributed by atoms with Gasteiger partial charge in [0, 0.05) is 16.7 Å². The van der Waals surface area contributed by atoms with Gasteiger partial charge in [-0.1, -0.05) is 53.6 Å². The Kier molecular flexibility index (Phi) is 4.66. The normalized spacial score (nSPS) is 15.5. The van der Waals surface area contributed by atoms with E-state index in [-0.39, 0.29) is 11.9 Å². The number of para-hydroxylation sites is 1. The van der Waals surface area contributed by atoms with Crippen LogP contribution >= 0.6 is 11.3 Å². The molecule has 1 unspecified atom stereocenters. The van der Waals surface area contributed by atoms with E-state index < -0.39 is 6.17 Å². The molecule has 2 N–H and O–H groups in total. The quantitative estimate of drug-likeness (QED) is 0.414. The number of amides is 1. The van der Waals surface area contributed by atoms with E-state index in [4.69, 9.17) is 9.41 Å². The van der Waals surface area contributed by atoms with Gasteiger partial charge in [0.15, 0.2) is 0 Å². The molecule has 3 heterocycles. The molecule has 0 spiro atoms. The van der Waals surface area contributed by atoms with Gasteiger partial charge in [-0.2, -0.15) is 0 Å². The fourth-order valence-corrected chi connectivity index (χ4v) is 4.40.